The molecule has 0 N–H and O–H groups in total. The fraction of sp³-hybridized carbons (Fsp3) is 0.889. The van der Waals surface area contributed by atoms with Crippen LogP contribution < -0.4 is 0 Å². The molecule has 0 aromatic heterocycles. The maximum atomic E-state index is 11.7. The summed E-state index contributed by atoms with van der Waals surface area (Å²) in [5.41, 5.74) is 0. The number of carbonyl (C=O) groups excluding carboxylic acids is 1. The van der Waals surface area contributed by atoms with Crippen molar-refractivity contribution in [2.45, 2.75) is 19.2 Å². The molecule has 1 rings (SSSR count). The number of amides is 1. The van der Waals surface area contributed by atoms with Gasteiger partial charge in [0.2, 0.25) is 5.91 Å². The summed E-state index contributed by atoms with van der Waals surface area (Å²) in [6, 6.07) is 0. The summed E-state index contributed by atoms with van der Waals surface area (Å²) < 4.78 is 5.15. The van der Waals surface area contributed by atoms with Gasteiger partial charge >= 0.3 is 0 Å². The van der Waals surface area contributed by atoms with Crippen LogP contribution >= 0.6 is 11.6 Å². The zero-order valence-corrected chi connectivity index (χ0v) is 8.88. The third-order valence-corrected chi connectivity index (χ3v) is 2.83. The van der Waals surface area contributed by atoms with Crippen LogP contribution in [0.3, 0.4) is 0 Å². The topological polar surface area (TPSA) is 29.5 Å². The lowest BCUT2D eigenvalue weighted by atomic mass is 10.1. The van der Waals surface area contributed by atoms with E-state index in [1.54, 1.807) is 4.90 Å². The molecule has 0 radical (unpaired) electrons. The van der Waals surface area contributed by atoms with Gasteiger partial charge in [-0.15, -0.1) is 11.6 Å². The van der Waals surface area contributed by atoms with E-state index >= 15 is 0 Å². The van der Waals surface area contributed by atoms with E-state index in [1.165, 1.54) is 0 Å². The van der Waals surface area contributed by atoms with Gasteiger partial charge in [0.1, 0.15) is 5.38 Å². The Bertz CT molecular complexity index is 178. The van der Waals surface area contributed by atoms with E-state index in [4.69, 9.17) is 16.3 Å². The first-order valence-corrected chi connectivity index (χ1v) is 5.07. The van der Waals surface area contributed by atoms with Gasteiger partial charge in [-0.05, 0) is 5.92 Å². The lowest BCUT2D eigenvalue weighted by Gasteiger charge is -2.29. The number of rotatable bonds is 2. The van der Waals surface area contributed by atoms with Crippen molar-refractivity contribution in [1.82, 2.24) is 4.90 Å². The molecule has 1 saturated heterocycles. The molecule has 0 bridgehead atoms. The second-order valence-electron chi connectivity index (χ2n) is 3.58. The molecule has 1 heterocycles. The van der Waals surface area contributed by atoms with Crippen LogP contribution in [0.15, 0.2) is 0 Å². The molecule has 0 aliphatic carbocycles. The Morgan fingerprint density at radius 3 is 2.38 bits per heavy atom. The Morgan fingerprint density at radius 2 is 1.92 bits per heavy atom. The summed E-state index contributed by atoms with van der Waals surface area (Å²) >= 11 is 5.97. The SMILES string of the molecule is CC(C)C(Cl)C(=O)N1CCOCC1. The molecule has 3 nitrogen and oxygen atoms in total. The van der Waals surface area contributed by atoms with Crippen LogP contribution in [-0.2, 0) is 9.53 Å². The molecule has 0 aromatic rings. The Hall–Kier alpha value is -0.280. The first-order chi connectivity index (χ1) is 6.13. The van der Waals surface area contributed by atoms with Crippen LogP contribution in [0, 0.1) is 5.92 Å². The third kappa shape index (κ3) is 2.85. The van der Waals surface area contributed by atoms with E-state index in [1.807, 2.05) is 13.8 Å². The molecule has 13 heavy (non-hydrogen) atoms. The highest BCUT2D eigenvalue weighted by atomic mass is 35.5. The fourth-order valence-electron chi connectivity index (χ4n) is 1.24. The Kier molecular flexibility index (Phi) is 4.00. The predicted molar refractivity (Wildman–Crippen MR) is 51.9 cm³/mol. The van der Waals surface area contributed by atoms with Crippen molar-refractivity contribution in [3.63, 3.8) is 0 Å². The molecule has 1 atom stereocenters. The molecular weight excluding hydrogens is 190 g/mol. The molecule has 1 unspecified atom stereocenters. The molecule has 1 aliphatic rings. The van der Waals surface area contributed by atoms with Crippen LogP contribution in [-0.4, -0.2) is 42.5 Å². The second kappa shape index (κ2) is 4.82. The van der Waals surface area contributed by atoms with Crippen LogP contribution in [0.2, 0.25) is 0 Å². The van der Waals surface area contributed by atoms with E-state index in [-0.39, 0.29) is 11.8 Å². The van der Waals surface area contributed by atoms with Gasteiger partial charge in [-0.3, -0.25) is 4.79 Å². The van der Waals surface area contributed by atoms with Gasteiger partial charge in [0.05, 0.1) is 13.2 Å². The monoisotopic (exact) mass is 205 g/mol. The molecule has 1 amide bonds. The number of alkyl halides is 1. The summed E-state index contributed by atoms with van der Waals surface area (Å²) in [5, 5.41) is -0.391. The van der Waals surface area contributed by atoms with Gasteiger partial charge in [-0.1, -0.05) is 13.8 Å². The number of nitrogens with zero attached hydrogens (tertiary/aromatic N) is 1. The van der Waals surface area contributed by atoms with Crippen molar-refractivity contribution < 1.29 is 9.53 Å². The van der Waals surface area contributed by atoms with Crippen LogP contribution in [0.4, 0.5) is 0 Å². The average Bonchev–Trinajstić information content (AvgIpc) is 2.17. The maximum Gasteiger partial charge on any atom is 0.241 e. The van der Waals surface area contributed by atoms with E-state index < -0.39 is 5.38 Å². The van der Waals surface area contributed by atoms with E-state index in [9.17, 15) is 4.79 Å². The van der Waals surface area contributed by atoms with Crippen LogP contribution in [0.5, 0.6) is 0 Å². The predicted octanol–water partition coefficient (Wildman–Crippen LogP) is 1.11. The molecule has 0 saturated carbocycles. The van der Waals surface area contributed by atoms with Crippen molar-refractivity contribution >= 4 is 17.5 Å². The molecular formula is C9H16ClNO2. The minimum Gasteiger partial charge on any atom is -0.378 e. The zero-order valence-electron chi connectivity index (χ0n) is 8.12. The number of hydrogen-bond donors (Lipinski definition) is 0. The Morgan fingerprint density at radius 1 is 1.38 bits per heavy atom. The standard InChI is InChI=1S/C9H16ClNO2/c1-7(2)8(10)9(12)11-3-5-13-6-4-11/h7-8H,3-6H2,1-2H3. The van der Waals surface area contributed by atoms with Gasteiger partial charge in [-0.2, -0.15) is 0 Å². The zero-order chi connectivity index (χ0) is 9.84. The molecule has 4 heteroatoms. The van der Waals surface area contributed by atoms with Gasteiger partial charge in [0.15, 0.2) is 0 Å². The lowest BCUT2D eigenvalue weighted by Crippen LogP contribution is -2.45. The largest absolute Gasteiger partial charge is 0.378 e. The third-order valence-electron chi connectivity index (χ3n) is 2.14. The summed E-state index contributed by atoms with van der Waals surface area (Å²) in [7, 11) is 0. The number of hydrogen-bond acceptors (Lipinski definition) is 2. The molecule has 0 aromatic carbocycles. The quantitative estimate of drug-likeness (QED) is 0.633. The van der Waals surface area contributed by atoms with Crippen molar-refractivity contribution in [1.29, 1.82) is 0 Å². The van der Waals surface area contributed by atoms with Gasteiger partial charge in [0.25, 0.3) is 0 Å². The number of ether oxygens (including phenoxy) is 1. The van der Waals surface area contributed by atoms with Crippen molar-refractivity contribution in [2.24, 2.45) is 5.92 Å². The summed E-state index contributed by atoms with van der Waals surface area (Å²) in [6.07, 6.45) is 0. The minimum atomic E-state index is -0.391. The maximum absolute atomic E-state index is 11.7. The Balaban J connectivity index is 2.45. The summed E-state index contributed by atoms with van der Waals surface area (Å²) in [5.74, 6) is 0.233. The van der Waals surface area contributed by atoms with E-state index in [0.29, 0.717) is 26.3 Å². The highest BCUT2D eigenvalue weighted by Crippen LogP contribution is 2.13. The van der Waals surface area contributed by atoms with Crippen molar-refractivity contribution in [2.75, 3.05) is 26.3 Å². The number of halogens is 1. The first kappa shape index (κ1) is 10.8. The van der Waals surface area contributed by atoms with Gasteiger partial charge < -0.3 is 9.64 Å². The van der Waals surface area contributed by atoms with Crippen LogP contribution in [0.1, 0.15) is 13.8 Å². The first-order valence-electron chi connectivity index (χ1n) is 4.63. The van der Waals surface area contributed by atoms with Crippen LogP contribution in [0.25, 0.3) is 0 Å². The average molecular weight is 206 g/mol. The normalized spacial score (nSPS) is 20.5. The molecule has 76 valence electrons. The van der Waals surface area contributed by atoms with E-state index in [0.717, 1.165) is 0 Å². The number of carbonyl (C=O) groups is 1. The highest BCUT2D eigenvalue weighted by Gasteiger charge is 2.25. The summed E-state index contributed by atoms with van der Waals surface area (Å²) in [6.45, 7) is 6.52. The van der Waals surface area contributed by atoms with Gasteiger partial charge in [-0.25, -0.2) is 0 Å². The smallest absolute Gasteiger partial charge is 0.241 e. The fourth-order valence-corrected chi connectivity index (χ4v) is 1.38. The van der Waals surface area contributed by atoms with Crippen molar-refractivity contribution in [3.05, 3.63) is 0 Å². The van der Waals surface area contributed by atoms with Crippen molar-refractivity contribution in [3.8, 4) is 0 Å². The molecule has 1 fully saturated rings. The molecule has 1 aliphatic heterocycles. The second-order valence-corrected chi connectivity index (χ2v) is 4.05. The Labute approximate surface area is 84.0 Å². The minimum absolute atomic E-state index is 0.0416. The summed E-state index contributed by atoms with van der Waals surface area (Å²) in [4.78, 5) is 13.5. The lowest BCUT2D eigenvalue weighted by molar-refractivity contribution is -0.135. The van der Waals surface area contributed by atoms with Gasteiger partial charge in [0, 0.05) is 13.1 Å². The molecule has 0 spiro atoms. The highest BCUT2D eigenvalue weighted by molar-refractivity contribution is 6.30. The van der Waals surface area contributed by atoms with E-state index in [2.05, 4.69) is 0 Å². The number of morpholine rings is 1.